The summed E-state index contributed by atoms with van der Waals surface area (Å²) in [6, 6.07) is 11.8. The zero-order valence-corrected chi connectivity index (χ0v) is 16.7. The Labute approximate surface area is 170 Å². The summed E-state index contributed by atoms with van der Waals surface area (Å²) in [6.07, 6.45) is 0. The molecule has 152 valence electrons. The van der Waals surface area contributed by atoms with Crippen molar-refractivity contribution in [3.8, 4) is 5.75 Å². The summed E-state index contributed by atoms with van der Waals surface area (Å²) in [5.74, 6) is -0.943. The van der Waals surface area contributed by atoms with Gasteiger partial charge in [0, 0.05) is 5.46 Å². The first-order valence-corrected chi connectivity index (χ1v) is 9.43. The Morgan fingerprint density at radius 2 is 1.93 bits per heavy atom. The number of fused-ring (bicyclic) bond motifs is 1. The number of carbonyl (C=O) groups excluding carboxylic acids is 2. The Bertz CT molecular complexity index is 886. The number of benzene rings is 2. The first kappa shape index (κ1) is 20.9. The maximum Gasteiger partial charge on any atom is 0.495 e. The molecule has 0 fully saturated rings. The largest absolute Gasteiger partial charge is 0.496 e. The number of nitrogens with one attached hydrogen (secondary N) is 1. The average molecular weight is 397 g/mol. The fourth-order valence-electron chi connectivity index (χ4n) is 3.22. The molecule has 2 N–H and O–H groups in total. The van der Waals surface area contributed by atoms with Crippen LogP contribution < -0.4 is 15.5 Å². The van der Waals surface area contributed by atoms with Crippen LogP contribution in [0.3, 0.4) is 0 Å². The van der Waals surface area contributed by atoms with Gasteiger partial charge in [-0.25, -0.2) is 4.79 Å². The average Bonchev–Trinajstić information content (AvgIpc) is 3.11. The SMILES string of the molecule is COc1c(C(=O)NC(C(=O)OCc2ccccc2)C(C)C)ccc2c1B(O)OC2. The molecule has 1 heterocycles. The molecule has 1 amide bonds. The van der Waals surface area contributed by atoms with Crippen LogP contribution in [-0.4, -0.2) is 37.2 Å². The zero-order valence-electron chi connectivity index (χ0n) is 16.7. The molecular formula is C21H24BNO6. The highest BCUT2D eigenvalue weighted by atomic mass is 16.5. The van der Waals surface area contributed by atoms with Gasteiger partial charge in [-0.15, -0.1) is 0 Å². The van der Waals surface area contributed by atoms with Gasteiger partial charge in [0.15, 0.2) is 0 Å². The maximum atomic E-state index is 12.9. The Morgan fingerprint density at radius 1 is 1.21 bits per heavy atom. The van der Waals surface area contributed by atoms with E-state index in [1.54, 1.807) is 12.1 Å². The molecule has 0 radical (unpaired) electrons. The van der Waals surface area contributed by atoms with Crippen LogP contribution in [-0.2, 0) is 27.4 Å². The first-order chi connectivity index (χ1) is 13.9. The predicted molar refractivity (Wildman–Crippen MR) is 108 cm³/mol. The Kier molecular flexibility index (Phi) is 6.56. The van der Waals surface area contributed by atoms with E-state index in [0.29, 0.717) is 5.46 Å². The molecule has 1 atom stereocenters. The van der Waals surface area contributed by atoms with Crippen LogP contribution in [0.15, 0.2) is 42.5 Å². The van der Waals surface area contributed by atoms with E-state index in [-0.39, 0.29) is 30.4 Å². The van der Waals surface area contributed by atoms with E-state index in [4.69, 9.17) is 14.1 Å². The number of esters is 1. The molecular weight excluding hydrogens is 373 g/mol. The van der Waals surface area contributed by atoms with E-state index < -0.39 is 25.0 Å². The lowest BCUT2D eigenvalue weighted by molar-refractivity contribution is -0.148. The number of rotatable bonds is 7. The van der Waals surface area contributed by atoms with Crippen LogP contribution in [0.25, 0.3) is 0 Å². The van der Waals surface area contributed by atoms with Gasteiger partial charge in [0.05, 0.1) is 19.3 Å². The number of amides is 1. The standard InChI is InChI=1S/C21H24BNO6/c1-13(2)18(21(25)28-11-14-7-5-4-6-8-14)23-20(24)16-10-9-15-12-29-22(26)17(15)19(16)27-3/h4-10,13,18,26H,11-12H2,1-3H3,(H,23,24). The Morgan fingerprint density at radius 3 is 2.59 bits per heavy atom. The molecule has 2 aromatic carbocycles. The highest BCUT2D eigenvalue weighted by Crippen LogP contribution is 2.23. The zero-order chi connectivity index (χ0) is 21.0. The number of hydrogen-bond donors (Lipinski definition) is 2. The summed E-state index contributed by atoms with van der Waals surface area (Å²) in [6.45, 7) is 4.03. The van der Waals surface area contributed by atoms with Crippen molar-refractivity contribution in [1.29, 1.82) is 0 Å². The van der Waals surface area contributed by atoms with Gasteiger partial charge in [-0.3, -0.25) is 4.79 Å². The second-order valence-electron chi connectivity index (χ2n) is 7.17. The summed E-state index contributed by atoms with van der Waals surface area (Å²) < 4.78 is 16.0. The van der Waals surface area contributed by atoms with Crippen LogP contribution in [0.4, 0.5) is 0 Å². The third-order valence-corrected chi connectivity index (χ3v) is 4.81. The second-order valence-corrected chi connectivity index (χ2v) is 7.17. The molecule has 1 aliphatic rings. The summed E-state index contributed by atoms with van der Waals surface area (Å²) in [5.41, 5.74) is 2.28. The van der Waals surface area contributed by atoms with Gasteiger partial charge in [-0.2, -0.15) is 0 Å². The summed E-state index contributed by atoms with van der Waals surface area (Å²) in [7, 11) is 0.273. The molecule has 1 aliphatic heterocycles. The van der Waals surface area contributed by atoms with Crippen molar-refractivity contribution >= 4 is 24.5 Å². The second kappa shape index (κ2) is 9.11. The molecule has 0 saturated carbocycles. The normalized spacial score (nSPS) is 13.8. The molecule has 0 spiro atoms. The van der Waals surface area contributed by atoms with Crippen molar-refractivity contribution in [3.63, 3.8) is 0 Å². The van der Waals surface area contributed by atoms with Crippen molar-refractivity contribution < 1.29 is 28.7 Å². The predicted octanol–water partition coefficient (Wildman–Crippen LogP) is 1.41. The molecule has 8 heteroatoms. The van der Waals surface area contributed by atoms with Crippen molar-refractivity contribution in [1.82, 2.24) is 5.32 Å². The minimum absolute atomic E-state index is 0.129. The first-order valence-electron chi connectivity index (χ1n) is 9.43. The molecule has 1 unspecified atom stereocenters. The molecule has 29 heavy (non-hydrogen) atoms. The lowest BCUT2D eigenvalue weighted by Gasteiger charge is -2.22. The van der Waals surface area contributed by atoms with E-state index >= 15 is 0 Å². The molecule has 2 aromatic rings. The summed E-state index contributed by atoms with van der Waals surface area (Å²) in [4.78, 5) is 25.5. The van der Waals surface area contributed by atoms with Gasteiger partial charge in [0.2, 0.25) is 0 Å². The van der Waals surface area contributed by atoms with Crippen molar-refractivity contribution in [3.05, 3.63) is 59.2 Å². The van der Waals surface area contributed by atoms with E-state index in [1.807, 2.05) is 44.2 Å². The number of hydrogen-bond acceptors (Lipinski definition) is 6. The van der Waals surface area contributed by atoms with Gasteiger partial charge in [0.25, 0.3) is 5.91 Å². The number of carbonyl (C=O) groups is 2. The van der Waals surface area contributed by atoms with Crippen molar-refractivity contribution in [2.75, 3.05) is 7.11 Å². The number of ether oxygens (including phenoxy) is 2. The number of methoxy groups -OCH3 is 1. The fraction of sp³-hybridized carbons (Fsp3) is 0.333. The van der Waals surface area contributed by atoms with Crippen molar-refractivity contribution in [2.45, 2.75) is 33.1 Å². The summed E-state index contributed by atoms with van der Waals surface area (Å²) >= 11 is 0. The molecule has 0 bridgehead atoms. The smallest absolute Gasteiger partial charge is 0.495 e. The third kappa shape index (κ3) is 4.60. The van der Waals surface area contributed by atoms with Gasteiger partial charge in [-0.05, 0) is 23.1 Å². The third-order valence-electron chi connectivity index (χ3n) is 4.81. The Balaban J connectivity index is 1.75. The van der Waals surface area contributed by atoms with E-state index in [2.05, 4.69) is 5.32 Å². The van der Waals surface area contributed by atoms with Crippen LogP contribution >= 0.6 is 0 Å². The van der Waals surface area contributed by atoms with Gasteiger partial charge in [0.1, 0.15) is 18.4 Å². The van der Waals surface area contributed by atoms with Gasteiger partial charge < -0.3 is 24.5 Å². The topological polar surface area (TPSA) is 94.1 Å². The van der Waals surface area contributed by atoms with E-state index in [1.165, 1.54) is 7.11 Å². The maximum absolute atomic E-state index is 12.9. The molecule has 0 aromatic heterocycles. The summed E-state index contributed by atoms with van der Waals surface area (Å²) in [5, 5.41) is 12.8. The van der Waals surface area contributed by atoms with Crippen LogP contribution in [0.5, 0.6) is 5.75 Å². The highest BCUT2D eigenvalue weighted by molar-refractivity contribution is 6.63. The molecule has 3 rings (SSSR count). The Hall–Kier alpha value is -2.84. The van der Waals surface area contributed by atoms with E-state index in [9.17, 15) is 14.6 Å². The monoisotopic (exact) mass is 397 g/mol. The van der Waals surface area contributed by atoms with Crippen molar-refractivity contribution in [2.24, 2.45) is 5.92 Å². The van der Waals surface area contributed by atoms with Gasteiger partial charge >= 0.3 is 13.1 Å². The lowest BCUT2D eigenvalue weighted by Crippen LogP contribution is -2.45. The van der Waals surface area contributed by atoms with Crippen LogP contribution in [0, 0.1) is 5.92 Å². The quantitative estimate of drug-likeness (QED) is 0.542. The molecule has 7 nitrogen and oxygen atoms in total. The molecule has 0 aliphatic carbocycles. The van der Waals surface area contributed by atoms with Gasteiger partial charge in [-0.1, -0.05) is 50.2 Å². The van der Waals surface area contributed by atoms with Crippen LogP contribution in [0.1, 0.15) is 35.3 Å². The minimum Gasteiger partial charge on any atom is -0.496 e. The van der Waals surface area contributed by atoms with Crippen LogP contribution in [0.2, 0.25) is 0 Å². The lowest BCUT2D eigenvalue weighted by atomic mass is 9.77. The molecule has 0 saturated heterocycles. The fourth-order valence-corrected chi connectivity index (χ4v) is 3.22. The van der Waals surface area contributed by atoms with E-state index in [0.717, 1.165) is 11.1 Å². The minimum atomic E-state index is -1.15. The highest BCUT2D eigenvalue weighted by Gasteiger charge is 2.35.